The lowest BCUT2D eigenvalue weighted by molar-refractivity contribution is -0.122. The first-order valence-electron chi connectivity index (χ1n) is 5.07. The lowest BCUT2D eigenvalue weighted by Crippen LogP contribution is -2.44. The van der Waals surface area contributed by atoms with E-state index in [0.29, 0.717) is 5.76 Å². The SMILES string of the molecule is C=C(OC(C)(C)C)[C@H](C)NC(=O)[C@H](C)N. The van der Waals surface area contributed by atoms with Crippen LogP contribution in [0.5, 0.6) is 0 Å². The van der Waals surface area contributed by atoms with E-state index >= 15 is 0 Å². The molecule has 0 aromatic rings. The van der Waals surface area contributed by atoms with Crippen molar-refractivity contribution in [2.45, 2.75) is 52.3 Å². The molecule has 0 bridgehead atoms. The Bertz CT molecular complexity index is 241. The molecule has 4 nitrogen and oxygen atoms in total. The van der Waals surface area contributed by atoms with Crippen LogP contribution >= 0.6 is 0 Å². The van der Waals surface area contributed by atoms with Crippen LogP contribution in [-0.2, 0) is 9.53 Å². The number of hydrogen-bond donors (Lipinski definition) is 2. The molecule has 0 saturated carbocycles. The maximum atomic E-state index is 11.3. The van der Waals surface area contributed by atoms with E-state index in [1.807, 2.05) is 27.7 Å². The minimum absolute atomic E-state index is 0.207. The first kappa shape index (κ1) is 14.0. The summed E-state index contributed by atoms with van der Waals surface area (Å²) in [6, 6.07) is -0.752. The fourth-order valence-electron chi connectivity index (χ4n) is 0.907. The number of nitrogens with two attached hydrogens (primary N) is 1. The molecule has 0 fully saturated rings. The first-order chi connectivity index (χ1) is 6.63. The molecule has 0 aliphatic carbocycles. The molecule has 0 spiro atoms. The van der Waals surface area contributed by atoms with Gasteiger partial charge in [0.05, 0.1) is 12.1 Å². The summed E-state index contributed by atoms with van der Waals surface area (Å²) >= 11 is 0. The van der Waals surface area contributed by atoms with Crippen molar-refractivity contribution in [3.8, 4) is 0 Å². The summed E-state index contributed by atoms with van der Waals surface area (Å²) in [7, 11) is 0. The zero-order chi connectivity index (χ0) is 12.2. The van der Waals surface area contributed by atoms with Gasteiger partial charge in [0.15, 0.2) is 0 Å². The van der Waals surface area contributed by atoms with E-state index in [-0.39, 0.29) is 17.6 Å². The number of ether oxygens (including phenoxy) is 1. The van der Waals surface area contributed by atoms with E-state index < -0.39 is 6.04 Å². The molecule has 0 saturated heterocycles. The van der Waals surface area contributed by atoms with E-state index in [4.69, 9.17) is 10.5 Å². The van der Waals surface area contributed by atoms with Gasteiger partial charge in [0.2, 0.25) is 5.91 Å². The van der Waals surface area contributed by atoms with Gasteiger partial charge in [0, 0.05) is 0 Å². The summed E-state index contributed by atoms with van der Waals surface area (Å²) in [5, 5.41) is 2.71. The van der Waals surface area contributed by atoms with Crippen LogP contribution in [-0.4, -0.2) is 23.6 Å². The lowest BCUT2D eigenvalue weighted by Gasteiger charge is -2.26. The molecule has 0 aliphatic heterocycles. The van der Waals surface area contributed by atoms with Gasteiger partial charge in [-0.1, -0.05) is 6.58 Å². The van der Waals surface area contributed by atoms with E-state index in [1.54, 1.807) is 6.92 Å². The Morgan fingerprint density at radius 3 is 2.20 bits per heavy atom. The van der Waals surface area contributed by atoms with Crippen LogP contribution < -0.4 is 11.1 Å². The van der Waals surface area contributed by atoms with Crippen LogP contribution in [0.4, 0.5) is 0 Å². The van der Waals surface area contributed by atoms with Gasteiger partial charge in [-0.25, -0.2) is 0 Å². The van der Waals surface area contributed by atoms with Crippen LogP contribution in [0.15, 0.2) is 12.3 Å². The summed E-state index contributed by atoms with van der Waals surface area (Å²) in [5.41, 5.74) is 5.13. The van der Waals surface area contributed by atoms with E-state index in [1.165, 1.54) is 0 Å². The van der Waals surface area contributed by atoms with Gasteiger partial charge in [-0.05, 0) is 34.6 Å². The molecule has 0 heterocycles. The Hall–Kier alpha value is -1.03. The van der Waals surface area contributed by atoms with Gasteiger partial charge in [-0.15, -0.1) is 0 Å². The van der Waals surface area contributed by atoms with Crippen molar-refractivity contribution in [1.82, 2.24) is 5.32 Å². The Morgan fingerprint density at radius 2 is 1.87 bits per heavy atom. The number of nitrogens with one attached hydrogen (secondary N) is 1. The van der Waals surface area contributed by atoms with Gasteiger partial charge in [0.25, 0.3) is 0 Å². The van der Waals surface area contributed by atoms with Crippen molar-refractivity contribution < 1.29 is 9.53 Å². The molecule has 3 N–H and O–H groups in total. The van der Waals surface area contributed by atoms with Crippen molar-refractivity contribution in [1.29, 1.82) is 0 Å². The van der Waals surface area contributed by atoms with Crippen molar-refractivity contribution in [2.24, 2.45) is 5.73 Å². The summed E-state index contributed by atoms with van der Waals surface area (Å²) < 4.78 is 5.53. The van der Waals surface area contributed by atoms with Crippen molar-refractivity contribution in [3.05, 3.63) is 12.3 Å². The number of hydrogen-bond acceptors (Lipinski definition) is 3. The fraction of sp³-hybridized carbons (Fsp3) is 0.727. The Morgan fingerprint density at radius 1 is 1.40 bits per heavy atom. The Balaban J connectivity index is 4.17. The molecular weight excluding hydrogens is 192 g/mol. The Labute approximate surface area is 91.9 Å². The normalized spacial score (nSPS) is 15.3. The highest BCUT2D eigenvalue weighted by atomic mass is 16.5. The monoisotopic (exact) mass is 214 g/mol. The molecule has 4 heteroatoms. The molecule has 0 unspecified atom stereocenters. The summed E-state index contributed by atoms with van der Waals surface area (Å²) in [6.07, 6.45) is 0. The lowest BCUT2D eigenvalue weighted by atomic mass is 10.2. The highest BCUT2D eigenvalue weighted by Gasteiger charge is 2.19. The second kappa shape index (κ2) is 5.16. The minimum Gasteiger partial charge on any atom is -0.491 e. The molecule has 15 heavy (non-hydrogen) atoms. The summed E-state index contributed by atoms with van der Waals surface area (Å²) in [4.78, 5) is 11.3. The number of amides is 1. The second-order valence-electron chi connectivity index (χ2n) is 4.70. The van der Waals surface area contributed by atoms with Crippen molar-refractivity contribution >= 4 is 5.91 Å². The van der Waals surface area contributed by atoms with E-state index in [2.05, 4.69) is 11.9 Å². The predicted octanol–water partition coefficient (Wildman–Crippen LogP) is 1.17. The van der Waals surface area contributed by atoms with Crippen LogP contribution in [0, 0.1) is 0 Å². The third-order valence-corrected chi connectivity index (χ3v) is 1.69. The van der Waals surface area contributed by atoms with E-state index in [0.717, 1.165) is 0 Å². The molecule has 0 rings (SSSR count). The summed E-state index contributed by atoms with van der Waals surface area (Å²) in [6.45, 7) is 13.0. The third-order valence-electron chi connectivity index (χ3n) is 1.69. The predicted molar refractivity (Wildman–Crippen MR) is 61.2 cm³/mol. The van der Waals surface area contributed by atoms with Gasteiger partial charge >= 0.3 is 0 Å². The number of carbonyl (C=O) groups is 1. The number of carbonyl (C=O) groups excluding carboxylic acids is 1. The van der Waals surface area contributed by atoms with Crippen LogP contribution in [0.25, 0.3) is 0 Å². The van der Waals surface area contributed by atoms with Gasteiger partial charge in [-0.3, -0.25) is 4.79 Å². The van der Waals surface area contributed by atoms with Gasteiger partial charge in [-0.2, -0.15) is 0 Å². The third kappa shape index (κ3) is 6.12. The molecule has 0 aliphatic rings. The first-order valence-corrected chi connectivity index (χ1v) is 5.07. The standard InChI is InChI=1S/C11H22N2O2/c1-7(12)10(14)13-8(2)9(3)15-11(4,5)6/h7-8H,3,12H2,1-2,4-6H3,(H,13,14)/t7-,8-/m0/s1. The molecule has 88 valence electrons. The zero-order valence-corrected chi connectivity index (χ0v) is 10.3. The average Bonchev–Trinajstić information content (AvgIpc) is 2.00. The maximum absolute atomic E-state index is 11.3. The molecule has 2 atom stereocenters. The topological polar surface area (TPSA) is 64.3 Å². The number of rotatable bonds is 4. The largest absolute Gasteiger partial charge is 0.491 e. The highest BCUT2D eigenvalue weighted by molar-refractivity contribution is 5.81. The molecule has 0 aromatic heterocycles. The van der Waals surface area contributed by atoms with Crippen LogP contribution in [0.3, 0.4) is 0 Å². The second-order valence-corrected chi connectivity index (χ2v) is 4.70. The maximum Gasteiger partial charge on any atom is 0.237 e. The van der Waals surface area contributed by atoms with Gasteiger partial charge in [0.1, 0.15) is 11.4 Å². The van der Waals surface area contributed by atoms with Gasteiger partial charge < -0.3 is 15.8 Å². The quantitative estimate of drug-likeness (QED) is 0.690. The van der Waals surface area contributed by atoms with Crippen molar-refractivity contribution in [2.75, 3.05) is 0 Å². The fourth-order valence-corrected chi connectivity index (χ4v) is 0.907. The molecular formula is C11H22N2O2. The van der Waals surface area contributed by atoms with Crippen molar-refractivity contribution in [3.63, 3.8) is 0 Å². The molecule has 1 amide bonds. The zero-order valence-electron chi connectivity index (χ0n) is 10.3. The van der Waals surface area contributed by atoms with Crippen LogP contribution in [0.1, 0.15) is 34.6 Å². The molecule has 0 aromatic carbocycles. The minimum atomic E-state index is -0.519. The smallest absolute Gasteiger partial charge is 0.237 e. The summed E-state index contributed by atoms with van der Waals surface area (Å²) in [5.74, 6) is 0.331. The van der Waals surface area contributed by atoms with E-state index in [9.17, 15) is 4.79 Å². The van der Waals surface area contributed by atoms with Crippen LogP contribution in [0.2, 0.25) is 0 Å². The average molecular weight is 214 g/mol. The highest BCUT2D eigenvalue weighted by Crippen LogP contribution is 2.14. The Kier molecular flexibility index (Phi) is 4.81. The molecule has 0 radical (unpaired) electrons.